The van der Waals surface area contributed by atoms with Crippen LogP contribution >= 0.6 is 11.8 Å². The number of benzene rings is 2. The van der Waals surface area contributed by atoms with Crippen LogP contribution in [0.1, 0.15) is 18.9 Å². The number of hydrogen-bond acceptors (Lipinski definition) is 5. The minimum absolute atomic E-state index is 0.0897. The molecule has 8 heteroatoms. The molecule has 0 aliphatic carbocycles. The van der Waals surface area contributed by atoms with Gasteiger partial charge in [0.15, 0.2) is 5.82 Å². The monoisotopic (exact) mass is 407 g/mol. The number of H-pyrrole nitrogens is 1. The maximum atomic E-state index is 13.0. The highest BCUT2D eigenvalue weighted by atomic mass is 32.2. The molecule has 0 spiro atoms. The Labute approximate surface area is 172 Å². The molecule has 1 aliphatic rings. The Bertz CT molecular complexity index is 1050. The van der Waals surface area contributed by atoms with E-state index in [0.717, 1.165) is 5.56 Å². The van der Waals surface area contributed by atoms with Crippen molar-refractivity contribution in [1.82, 2.24) is 15.2 Å². The predicted octanol–water partition coefficient (Wildman–Crippen LogP) is 3.64. The van der Waals surface area contributed by atoms with E-state index in [2.05, 4.69) is 20.5 Å². The van der Waals surface area contributed by atoms with Crippen LogP contribution < -0.4 is 10.2 Å². The second-order valence-electron chi connectivity index (χ2n) is 7.00. The van der Waals surface area contributed by atoms with Gasteiger partial charge in [0.1, 0.15) is 0 Å². The van der Waals surface area contributed by atoms with Gasteiger partial charge in [0.2, 0.25) is 17.0 Å². The molecule has 4 rings (SSSR count). The maximum Gasteiger partial charge on any atom is 0.237 e. The standard InChI is InChI=1S/C21H21N5O2S/c1-13-7-9-15(10-8-13)20-23-21(25-24-20)29-12-19(28)26-14(2)11-18(27)22-16-5-3-4-6-17(16)26/h3-10,14H,11-12H2,1-2H3,(H,22,27)(H,23,24,25)/t14-/m1/s1. The van der Waals surface area contributed by atoms with Crippen molar-refractivity contribution in [2.45, 2.75) is 31.5 Å². The highest BCUT2D eigenvalue weighted by molar-refractivity contribution is 7.99. The minimum atomic E-state index is -0.234. The first-order valence-electron chi connectivity index (χ1n) is 9.34. The molecule has 7 nitrogen and oxygen atoms in total. The van der Waals surface area contributed by atoms with E-state index < -0.39 is 0 Å². The van der Waals surface area contributed by atoms with Crippen LogP contribution in [0.15, 0.2) is 53.7 Å². The topological polar surface area (TPSA) is 91.0 Å². The van der Waals surface area contributed by atoms with Crippen LogP contribution in [0.25, 0.3) is 11.4 Å². The lowest BCUT2D eigenvalue weighted by molar-refractivity contribution is -0.117. The SMILES string of the molecule is Cc1ccc(-c2nc(SCC(=O)N3c4ccccc4NC(=O)C[C@H]3C)n[nH]2)cc1. The van der Waals surface area contributed by atoms with Crippen molar-refractivity contribution in [1.29, 1.82) is 0 Å². The van der Waals surface area contributed by atoms with E-state index in [0.29, 0.717) is 22.4 Å². The van der Waals surface area contributed by atoms with Crippen molar-refractivity contribution < 1.29 is 9.59 Å². The molecule has 2 amide bonds. The Morgan fingerprint density at radius 3 is 2.76 bits per heavy atom. The van der Waals surface area contributed by atoms with Gasteiger partial charge >= 0.3 is 0 Å². The van der Waals surface area contributed by atoms with Crippen molar-refractivity contribution in [2.24, 2.45) is 0 Å². The highest BCUT2D eigenvalue weighted by Gasteiger charge is 2.29. The number of fused-ring (bicyclic) bond motifs is 1. The summed E-state index contributed by atoms with van der Waals surface area (Å²) in [6.07, 6.45) is 0.253. The van der Waals surface area contributed by atoms with Crippen LogP contribution in [0.2, 0.25) is 0 Å². The minimum Gasteiger partial charge on any atom is -0.324 e. The molecule has 3 aromatic rings. The quantitative estimate of drug-likeness (QED) is 0.645. The van der Waals surface area contributed by atoms with Crippen molar-refractivity contribution in [3.63, 3.8) is 0 Å². The number of nitrogens with zero attached hydrogens (tertiary/aromatic N) is 3. The number of para-hydroxylation sites is 2. The average Bonchev–Trinajstić information content (AvgIpc) is 3.12. The number of thioether (sulfide) groups is 1. The fraction of sp³-hybridized carbons (Fsp3) is 0.238. The summed E-state index contributed by atoms with van der Waals surface area (Å²) in [7, 11) is 0. The maximum absolute atomic E-state index is 13.0. The third-order valence-corrected chi connectivity index (χ3v) is 5.57. The average molecular weight is 407 g/mol. The molecule has 0 radical (unpaired) electrons. The fourth-order valence-electron chi connectivity index (χ4n) is 3.32. The number of aryl methyl sites for hydroxylation is 1. The summed E-state index contributed by atoms with van der Waals surface area (Å²) in [5.41, 5.74) is 3.49. The second kappa shape index (κ2) is 8.08. The zero-order valence-electron chi connectivity index (χ0n) is 16.2. The Hall–Kier alpha value is -3.13. The fourth-order valence-corrected chi connectivity index (χ4v) is 3.97. The van der Waals surface area contributed by atoms with Gasteiger partial charge in [0.25, 0.3) is 0 Å². The lowest BCUT2D eigenvalue weighted by Crippen LogP contribution is -2.40. The molecule has 1 aromatic heterocycles. The normalized spacial score (nSPS) is 16.1. The molecular weight excluding hydrogens is 386 g/mol. The van der Waals surface area contributed by atoms with Gasteiger partial charge in [-0.15, -0.1) is 5.10 Å². The summed E-state index contributed by atoms with van der Waals surface area (Å²) in [6.45, 7) is 3.91. The summed E-state index contributed by atoms with van der Waals surface area (Å²) in [6, 6.07) is 15.1. The van der Waals surface area contributed by atoms with Crippen LogP contribution in [0.4, 0.5) is 11.4 Å². The lowest BCUT2D eigenvalue weighted by Gasteiger charge is -2.27. The molecule has 0 saturated carbocycles. The van der Waals surface area contributed by atoms with Gasteiger partial charge in [-0.25, -0.2) is 4.98 Å². The highest BCUT2D eigenvalue weighted by Crippen LogP contribution is 2.32. The first-order chi connectivity index (χ1) is 14.0. The van der Waals surface area contributed by atoms with Crippen molar-refractivity contribution in [3.8, 4) is 11.4 Å². The Kier molecular flexibility index (Phi) is 5.35. The largest absolute Gasteiger partial charge is 0.324 e. The van der Waals surface area contributed by atoms with Crippen LogP contribution in [0, 0.1) is 6.92 Å². The Balaban J connectivity index is 1.48. The third kappa shape index (κ3) is 4.17. The zero-order chi connectivity index (χ0) is 20.4. The first kappa shape index (κ1) is 19.2. The molecule has 2 heterocycles. The van der Waals surface area contributed by atoms with E-state index in [-0.39, 0.29) is 30.0 Å². The Morgan fingerprint density at radius 1 is 1.21 bits per heavy atom. The van der Waals surface area contributed by atoms with Gasteiger partial charge in [-0.1, -0.05) is 53.7 Å². The first-order valence-corrected chi connectivity index (χ1v) is 10.3. The second-order valence-corrected chi connectivity index (χ2v) is 7.95. The van der Waals surface area contributed by atoms with Gasteiger partial charge in [0.05, 0.1) is 17.1 Å². The third-order valence-electron chi connectivity index (χ3n) is 4.74. The number of nitrogens with one attached hydrogen (secondary N) is 2. The molecule has 0 saturated heterocycles. The molecule has 0 unspecified atom stereocenters. The van der Waals surface area contributed by atoms with Crippen molar-refractivity contribution in [2.75, 3.05) is 16.0 Å². The van der Waals surface area contributed by atoms with E-state index in [9.17, 15) is 9.59 Å². The van der Waals surface area contributed by atoms with Crippen LogP contribution in [0.3, 0.4) is 0 Å². The van der Waals surface area contributed by atoms with E-state index in [4.69, 9.17) is 0 Å². The summed E-state index contributed by atoms with van der Waals surface area (Å²) in [5.74, 6) is 0.666. The molecular formula is C21H21N5O2S. The summed E-state index contributed by atoms with van der Waals surface area (Å²) < 4.78 is 0. The number of aromatic nitrogens is 3. The van der Waals surface area contributed by atoms with Crippen LogP contribution in [-0.4, -0.2) is 38.8 Å². The van der Waals surface area contributed by atoms with Crippen LogP contribution in [-0.2, 0) is 9.59 Å². The summed E-state index contributed by atoms with van der Waals surface area (Å²) in [4.78, 5) is 31.3. The van der Waals surface area contributed by atoms with E-state index in [1.165, 1.54) is 17.3 Å². The molecule has 0 fully saturated rings. The van der Waals surface area contributed by atoms with Crippen molar-refractivity contribution >= 4 is 35.0 Å². The molecule has 2 N–H and O–H groups in total. The van der Waals surface area contributed by atoms with Gasteiger partial charge in [-0.2, -0.15) is 0 Å². The van der Waals surface area contributed by atoms with Gasteiger partial charge < -0.3 is 10.2 Å². The zero-order valence-corrected chi connectivity index (χ0v) is 17.0. The molecule has 1 atom stereocenters. The van der Waals surface area contributed by atoms with Gasteiger partial charge in [-0.3, -0.25) is 14.7 Å². The van der Waals surface area contributed by atoms with Crippen LogP contribution in [0.5, 0.6) is 0 Å². The number of aromatic amines is 1. The number of rotatable bonds is 4. The number of anilines is 2. The lowest BCUT2D eigenvalue weighted by atomic mass is 10.1. The van der Waals surface area contributed by atoms with Crippen molar-refractivity contribution in [3.05, 3.63) is 54.1 Å². The molecule has 148 valence electrons. The number of hydrogen-bond donors (Lipinski definition) is 2. The summed E-state index contributed by atoms with van der Waals surface area (Å²) >= 11 is 1.28. The number of carbonyl (C=O) groups is 2. The Morgan fingerprint density at radius 2 is 1.97 bits per heavy atom. The number of amides is 2. The molecule has 2 aromatic carbocycles. The summed E-state index contributed by atoms with van der Waals surface area (Å²) in [5, 5.41) is 10.5. The van der Waals surface area contributed by atoms with E-state index in [1.54, 1.807) is 4.90 Å². The van der Waals surface area contributed by atoms with Gasteiger partial charge in [0, 0.05) is 18.0 Å². The molecule has 29 heavy (non-hydrogen) atoms. The molecule has 0 bridgehead atoms. The smallest absolute Gasteiger partial charge is 0.237 e. The van der Waals surface area contributed by atoms with E-state index in [1.807, 2.05) is 62.4 Å². The predicted molar refractivity (Wildman–Crippen MR) is 114 cm³/mol. The number of carbonyl (C=O) groups excluding carboxylic acids is 2. The van der Waals surface area contributed by atoms with E-state index >= 15 is 0 Å². The molecule has 1 aliphatic heterocycles. The van der Waals surface area contributed by atoms with Gasteiger partial charge in [-0.05, 0) is 26.0 Å².